The summed E-state index contributed by atoms with van der Waals surface area (Å²) in [6.45, 7) is 1.97. The molecule has 4 rings (SSSR count). The van der Waals surface area contributed by atoms with Gasteiger partial charge < -0.3 is 18.9 Å². The molecule has 1 atom stereocenters. The zero-order valence-electron chi connectivity index (χ0n) is 18.8. The molecule has 8 nitrogen and oxygen atoms in total. The quantitative estimate of drug-likeness (QED) is 0.492. The maximum atomic E-state index is 14.2. The van der Waals surface area contributed by atoms with Gasteiger partial charge in [-0.3, -0.25) is 4.79 Å². The summed E-state index contributed by atoms with van der Waals surface area (Å²) in [6.07, 6.45) is 4.85. The maximum absolute atomic E-state index is 14.2. The van der Waals surface area contributed by atoms with Crippen molar-refractivity contribution in [2.75, 3.05) is 26.9 Å². The predicted molar refractivity (Wildman–Crippen MR) is 119 cm³/mol. The standard InChI is InChI=1S/C23H30FN3O5S/c1-31-12-10-26(22(28)17-8-9-17)14-19-13-25-23(27(19)15-20-6-4-11-32-20)33(29,30)16-18-5-2-3-7-21(18)24/h2-3,5,7,13,17,20H,4,6,8-12,14-16H2,1H3. The predicted octanol–water partition coefficient (Wildman–Crippen LogP) is 2.56. The van der Waals surface area contributed by atoms with Crippen molar-refractivity contribution in [2.24, 2.45) is 5.92 Å². The smallest absolute Gasteiger partial charge is 0.228 e. The highest BCUT2D eigenvalue weighted by molar-refractivity contribution is 7.90. The Bertz CT molecular complexity index is 1080. The number of hydrogen-bond acceptors (Lipinski definition) is 6. The van der Waals surface area contributed by atoms with E-state index in [1.165, 1.54) is 24.4 Å². The molecule has 0 spiro atoms. The molecule has 0 bridgehead atoms. The van der Waals surface area contributed by atoms with Gasteiger partial charge in [-0.25, -0.2) is 17.8 Å². The van der Waals surface area contributed by atoms with E-state index in [1.54, 1.807) is 22.6 Å². The number of benzene rings is 1. The van der Waals surface area contributed by atoms with E-state index < -0.39 is 21.4 Å². The number of hydrogen-bond donors (Lipinski definition) is 0. The van der Waals surface area contributed by atoms with E-state index in [1.807, 2.05) is 0 Å². The molecule has 10 heteroatoms. The molecule has 1 aromatic heterocycles. The fourth-order valence-electron chi connectivity index (χ4n) is 4.09. The molecule has 1 amide bonds. The summed E-state index contributed by atoms with van der Waals surface area (Å²) in [7, 11) is -2.36. The molecule has 1 aliphatic heterocycles. The number of sulfone groups is 1. The zero-order chi connectivity index (χ0) is 23.4. The van der Waals surface area contributed by atoms with Gasteiger partial charge in [-0.05, 0) is 31.7 Å². The second-order valence-electron chi connectivity index (χ2n) is 8.66. The lowest BCUT2D eigenvalue weighted by Gasteiger charge is -2.24. The molecule has 2 heterocycles. The van der Waals surface area contributed by atoms with E-state index in [0.29, 0.717) is 32.0 Å². The van der Waals surface area contributed by atoms with E-state index in [2.05, 4.69) is 4.98 Å². The minimum atomic E-state index is -3.94. The normalized spacial score (nSPS) is 18.5. The molecule has 1 aliphatic carbocycles. The number of ether oxygens (including phenoxy) is 2. The van der Waals surface area contributed by atoms with Crippen LogP contribution >= 0.6 is 0 Å². The van der Waals surface area contributed by atoms with Crippen LogP contribution in [0, 0.1) is 11.7 Å². The summed E-state index contributed by atoms with van der Waals surface area (Å²) in [4.78, 5) is 18.8. The highest BCUT2D eigenvalue weighted by atomic mass is 32.2. The Morgan fingerprint density at radius 3 is 2.76 bits per heavy atom. The van der Waals surface area contributed by atoms with E-state index in [-0.39, 0.29) is 35.2 Å². The van der Waals surface area contributed by atoms with Crippen LogP contribution in [0.2, 0.25) is 0 Å². The van der Waals surface area contributed by atoms with Gasteiger partial charge in [0.15, 0.2) is 0 Å². The van der Waals surface area contributed by atoms with Crippen LogP contribution in [0.3, 0.4) is 0 Å². The molecule has 2 fully saturated rings. The molecule has 1 aromatic carbocycles. The Labute approximate surface area is 193 Å². The van der Waals surface area contributed by atoms with Crippen molar-refractivity contribution in [2.45, 2.75) is 55.8 Å². The van der Waals surface area contributed by atoms with Gasteiger partial charge in [-0.1, -0.05) is 18.2 Å². The van der Waals surface area contributed by atoms with Crippen LogP contribution in [0.1, 0.15) is 36.9 Å². The minimum Gasteiger partial charge on any atom is -0.383 e. The van der Waals surface area contributed by atoms with Gasteiger partial charge >= 0.3 is 0 Å². The molecule has 2 aromatic rings. The first-order chi connectivity index (χ1) is 15.9. The monoisotopic (exact) mass is 479 g/mol. The van der Waals surface area contributed by atoms with Crippen LogP contribution in [0.5, 0.6) is 0 Å². The summed E-state index contributed by atoms with van der Waals surface area (Å²) in [5, 5.41) is -0.123. The SMILES string of the molecule is COCCN(Cc1cnc(S(=O)(=O)Cc2ccccc2F)n1CC1CCCO1)C(=O)C1CC1. The van der Waals surface area contributed by atoms with Gasteiger partial charge in [0.25, 0.3) is 0 Å². The molecular weight excluding hydrogens is 449 g/mol. The number of amides is 1. The number of carbonyl (C=O) groups is 1. The van der Waals surface area contributed by atoms with Crippen molar-refractivity contribution in [3.63, 3.8) is 0 Å². The first-order valence-corrected chi connectivity index (χ1v) is 12.9. The summed E-state index contributed by atoms with van der Waals surface area (Å²) >= 11 is 0. The Hall–Kier alpha value is -2.30. The molecule has 0 N–H and O–H groups in total. The number of aromatic nitrogens is 2. The second-order valence-corrected chi connectivity index (χ2v) is 10.5. The maximum Gasteiger partial charge on any atom is 0.228 e. The van der Waals surface area contributed by atoms with Crippen LogP contribution in [0.15, 0.2) is 35.6 Å². The fraction of sp³-hybridized carbons (Fsp3) is 0.565. The zero-order valence-corrected chi connectivity index (χ0v) is 19.6. The molecule has 33 heavy (non-hydrogen) atoms. The molecular formula is C23H30FN3O5S. The van der Waals surface area contributed by atoms with Crippen LogP contribution < -0.4 is 0 Å². The number of rotatable bonds is 11. The number of halogens is 1. The third-order valence-electron chi connectivity index (χ3n) is 6.05. The highest BCUT2D eigenvalue weighted by Gasteiger charge is 2.34. The Morgan fingerprint density at radius 2 is 2.09 bits per heavy atom. The molecule has 0 radical (unpaired) electrons. The average Bonchev–Trinajstić information content (AvgIpc) is 3.37. The second kappa shape index (κ2) is 10.3. The molecule has 1 saturated carbocycles. The largest absolute Gasteiger partial charge is 0.383 e. The Morgan fingerprint density at radius 1 is 1.30 bits per heavy atom. The molecule has 1 unspecified atom stereocenters. The topological polar surface area (TPSA) is 90.7 Å². The fourth-order valence-corrected chi connectivity index (χ4v) is 5.60. The van der Waals surface area contributed by atoms with E-state index in [9.17, 15) is 17.6 Å². The van der Waals surface area contributed by atoms with Crippen LogP contribution in [0.4, 0.5) is 4.39 Å². The minimum absolute atomic E-state index is 0.0284. The highest BCUT2D eigenvalue weighted by Crippen LogP contribution is 2.32. The van der Waals surface area contributed by atoms with Crippen molar-refractivity contribution >= 4 is 15.7 Å². The van der Waals surface area contributed by atoms with Gasteiger partial charge in [0, 0.05) is 31.7 Å². The van der Waals surface area contributed by atoms with E-state index in [4.69, 9.17) is 9.47 Å². The van der Waals surface area contributed by atoms with E-state index >= 15 is 0 Å². The lowest BCUT2D eigenvalue weighted by Crippen LogP contribution is -2.35. The van der Waals surface area contributed by atoms with Gasteiger partial charge in [-0.2, -0.15) is 0 Å². The van der Waals surface area contributed by atoms with Gasteiger partial charge in [0.1, 0.15) is 5.82 Å². The number of carbonyl (C=O) groups excluding carboxylic acids is 1. The van der Waals surface area contributed by atoms with Gasteiger partial charge in [0.05, 0.1) is 43.4 Å². The third kappa shape index (κ3) is 5.80. The van der Waals surface area contributed by atoms with Crippen LogP contribution in [-0.4, -0.2) is 61.7 Å². The van der Waals surface area contributed by atoms with Crippen molar-refractivity contribution in [3.8, 4) is 0 Å². The van der Waals surface area contributed by atoms with Crippen molar-refractivity contribution in [1.82, 2.24) is 14.5 Å². The van der Waals surface area contributed by atoms with Crippen LogP contribution in [0.25, 0.3) is 0 Å². The lowest BCUT2D eigenvalue weighted by molar-refractivity contribution is -0.133. The van der Waals surface area contributed by atoms with Gasteiger partial charge in [-0.15, -0.1) is 0 Å². The number of methoxy groups -OCH3 is 1. The van der Waals surface area contributed by atoms with E-state index in [0.717, 1.165) is 25.7 Å². The number of nitrogens with zero attached hydrogens (tertiary/aromatic N) is 3. The lowest BCUT2D eigenvalue weighted by atomic mass is 10.2. The summed E-state index contributed by atoms with van der Waals surface area (Å²) in [5.74, 6) is -0.983. The first kappa shape index (κ1) is 23.8. The van der Waals surface area contributed by atoms with Crippen molar-refractivity contribution in [3.05, 3.63) is 47.5 Å². The third-order valence-corrected chi connectivity index (χ3v) is 7.62. The van der Waals surface area contributed by atoms with Crippen LogP contribution in [-0.2, 0) is 42.9 Å². The summed E-state index contributed by atoms with van der Waals surface area (Å²) in [6, 6.07) is 5.83. The van der Waals surface area contributed by atoms with Crippen molar-refractivity contribution in [1.29, 1.82) is 0 Å². The van der Waals surface area contributed by atoms with Crippen molar-refractivity contribution < 1.29 is 27.1 Å². The number of imidazole rings is 1. The first-order valence-electron chi connectivity index (χ1n) is 11.3. The molecule has 2 aliphatic rings. The average molecular weight is 480 g/mol. The Balaban J connectivity index is 1.64. The molecule has 180 valence electrons. The summed E-state index contributed by atoms with van der Waals surface area (Å²) in [5.41, 5.74) is 0.707. The molecule has 1 saturated heterocycles. The summed E-state index contributed by atoms with van der Waals surface area (Å²) < 4.78 is 53.3. The van der Waals surface area contributed by atoms with Gasteiger partial charge in [0.2, 0.25) is 20.9 Å². The Kier molecular flexibility index (Phi) is 7.45.